The summed E-state index contributed by atoms with van der Waals surface area (Å²) < 4.78 is 5.93. The lowest BCUT2D eigenvalue weighted by atomic mass is 10.3. The van der Waals surface area contributed by atoms with Crippen LogP contribution in [0.3, 0.4) is 0 Å². The molecule has 0 amide bonds. The number of hydrogen-bond acceptors (Lipinski definition) is 10. The monoisotopic (exact) mass is 494 g/mol. The maximum Gasteiger partial charge on any atom is 0.171 e. The van der Waals surface area contributed by atoms with Gasteiger partial charge < -0.3 is 34.8 Å². The fourth-order valence-electron chi connectivity index (χ4n) is 4.21. The Balaban J connectivity index is 1.64. The van der Waals surface area contributed by atoms with Crippen LogP contribution in [0.25, 0.3) is 0 Å². The van der Waals surface area contributed by atoms with Crippen LogP contribution in [0.5, 0.6) is 17.2 Å². The maximum atomic E-state index is 10.6. The van der Waals surface area contributed by atoms with Crippen molar-refractivity contribution in [3.8, 4) is 17.2 Å². The van der Waals surface area contributed by atoms with Gasteiger partial charge in [-0.1, -0.05) is 0 Å². The van der Waals surface area contributed by atoms with E-state index < -0.39 is 0 Å². The highest BCUT2D eigenvalue weighted by atomic mass is 16.5. The minimum absolute atomic E-state index is 0.0992. The van der Waals surface area contributed by atoms with Gasteiger partial charge in [-0.25, -0.2) is 15.0 Å². The van der Waals surface area contributed by atoms with Gasteiger partial charge >= 0.3 is 0 Å². The lowest BCUT2D eigenvalue weighted by molar-refractivity contribution is 0.145. The summed E-state index contributed by atoms with van der Waals surface area (Å²) in [6, 6.07) is 10.3. The summed E-state index contributed by atoms with van der Waals surface area (Å²) in [7, 11) is 0. The van der Waals surface area contributed by atoms with E-state index in [1.807, 2.05) is 35.5 Å². The molecular formula is C26H34N6O4. The first kappa shape index (κ1) is 25.3. The van der Waals surface area contributed by atoms with Crippen molar-refractivity contribution in [3.63, 3.8) is 0 Å². The molecule has 1 fully saturated rings. The molecule has 0 saturated carbocycles. The number of anilines is 3. The summed E-state index contributed by atoms with van der Waals surface area (Å²) in [6.45, 7) is 9.67. The van der Waals surface area contributed by atoms with Crippen molar-refractivity contribution in [2.75, 3.05) is 67.2 Å². The van der Waals surface area contributed by atoms with Gasteiger partial charge in [-0.2, -0.15) is 0 Å². The van der Waals surface area contributed by atoms with Crippen LogP contribution >= 0.6 is 0 Å². The number of ether oxygens (including phenoxy) is 1. The summed E-state index contributed by atoms with van der Waals surface area (Å²) >= 11 is 0. The van der Waals surface area contributed by atoms with Crippen LogP contribution < -0.4 is 14.7 Å². The van der Waals surface area contributed by atoms with E-state index in [9.17, 15) is 15.3 Å². The largest absolute Gasteiger partial charge is 0.504 e. The van der Waals surface area contributed by atoms with Crippen molar-refractivity contribution in [1.82, 2.24) is 15.0 Å². The molecule has 0 aliphatic carbocycles. The number of hydrogen-bond donors (Lipinski definition) is 3. The molecule has 1 aliphatic rings. The number of aromatic nitrogens is 3. The van der Waals surface area contributed by atoms with E-state index in [2.05, 4.69) is 15.0 Å². The lowest BCUT2D eigenvalue weighted by Crippen LogP contribution is -2.43. The number of pyridine rings is 3. The molecule has 0 radical (unpaired) electrons. The molecular weight excluding hydrogens is 460 g/mol. The fraction of sp³-hybridized carbons (Fsp3) is 0.423. The maximum absolute atomic E-state index is 10.6. The highest BCUT2D eigenvalue weighted by Crippen LogP contribution is 2.29. The normalized spacial score (nSPS) is 15.9. The van der Waals surface area contributed by atoms with E-state index in [-0.39, 0.29) is 17.2 Å². The first-order valence-corrected chi connectivity index (χ1v) is 12.1. The lowest BCUT2D eigenvalue weighted by Gasteiger charge is -2.33. The topological polar surface area (TPSA) is 118 Å². The zero-order valence-corrected chi connectivity index (χ0v) is 21.1. The van der Waals surface area contributed by atoms with Crippen LogP contribution in [-0.4, -0.2) is 82.8 Å². The Morgan fingerprint density at radius 1 is 0.528 bits per heavy atom. The fourth-order valence-corrected chi connectivity index (χ4v) is 4.21. The third-order valence-electron chi connectivity index (χ3n) is 6.17. The van der Waals surface area contributed by atoms with Gasteiger partial charge in [0.25, 0.3) is 0 Å². The second-order valence-corrected chi connectivity index (χ2v) is 8.96. The molecule has 10 heteroatoms. The third-order valence-corrected chi connectivity index (χ3v) is 6.17. The van der Waals surface area contributed by atoms with Gasteiger partial charge in [0.1, 0.15) is 0 Å². The second-order valence-electron chi connectivity index (χ2n) is 8.96. The van der Waals surface area contributed by atoms with Gasteiger partial charge in [-0.3, -0.25) is 0 Å². The van der Waals surface area contributed by atoms with Gasteiger partial charge in [-0.05, 0) is 57.2 Å². The van der Waals surface area contributed by atoms with Gasteiger partial charge in [0.05, 0.1) is 13.2 Å². The van der Waals surface area contributed by atoms with Gasteiger partial charge in [0, 0.05) is 56.4 Å². The number of aryl methyl sites for hydroxylation is 3. The summed E-state index contributed by atoms with van der Waals surface area (Å²) in [5.41, 5.74) is 2.42. The molecule has 0 bridgehead atoms. The molecule has 3 aromatic heterocycles. The van der Waals surface area contributed by atoms with Crippen LogP contribution in [0.1, 0.15) is 17.1 Å². The number of rotatable bonds is 3. The molecule has 36 heavy (non-hydrogen) atoms. The van der Waals surface area contributed by atoms with Crippen LogP contribution in [-0.2, 0) is 4.74 Å². The predicted octanol–water partition coefficient (Wildman–Crippen LogP) is 2.76. The van der Waals surface area contributed by atoms with Gasteiger partial charge in [0.2, 0.25) is 0 Å². The summed E-state index contributed by atoms with van der Waals surface area (Å²) in [5, 5.41) is 31.6. The van der Waals surface area contributed by atoms with E-state index in [0.29, 0.717) is 69.9 Å². The van der Waals surface area contributed by atoms with Crippen LogP contribution in [0, 0.1) is 20.8 Å². The Hall–Kier alpha value is -3.79. The SMILES string of the molecule is Cc1ccc(O)c(N2CCOCCN(c3nc(C)ccc3O)CCN(c3nc(C)ccc3O)CC2)n1. The minimum atomic E-state index is 0.0992. The molecule has 4 rings (SSSR count). The molecule has 1 aliphatic heterocycles. The van der Waals surface area contributed by atoms with E-state index >= 15 is 0 Å². The van der Waals surface area contributed by atoms with Crippen LogP contribution in [0.4, 0.5) is 17.5 Å². The van der Waals surface area contributed by atoms with Crippen molar-refractivity contribution in [1.29, 1.82) is 0 Å². The predicted molar refractivity (Wildman–Crippen MR) is 139 cm³/mol. The summed E-state index contributed by atoms with van der Waals surface area (Å²) in [5.74, 6) is 1.83. The highest BCUT2D eigenvalue weighted by molar-refractivity contribution is 5.56. The smallest absolute Gasteiger partial charge is 0.171 e. The minimum Gasteiger partial charge on any atom is -0.504 e. The van der Waals surface area contributed by atoms with Crippen molar-refractivity contribution in [2.24, 2.45) is 0 Å². The molecule has 0 atom stereocenters. The molecule has 3 N–H and O–H groups in total. The average Bonchev–Trinajstić information content (AvgIpc) is 2.85. The van der Waals surface area contributed by atoms with Crippen LogP contribution in [0.15, 0.2) is 36.4 Å². The quantitative estimate of drug-likeness (QED) is 0.502. The second kappa shape index (κ2) is 11.3. The zero-order chi connectivity index (χ0) is 25.7. The Morgan fingerprint density at radius 2 is 0.833 bits per heavy atom. The average molecular weight is 495 g/mol. The first-order chi connectivity index (χ1) is 17.3. The Kier molecular flexibility index (Phi) is 7.94. The summed E-state index contributed by atoms with van der Waals surface area (Å²) in [4.78, 5) is 19.7. The standard InChI is InChI=1S/C26H34N6O4/c1-18-4-7-21(33)24(27-18)30-10-12-31(25-22(34)8-5-19(2)28-25)14-16-36-17-15-32(13-11-30)26-23(35)9-6-20(3)29-26/h4-9,33-35H,10-17H2,1-3H3. The van der Waals surface area contributed by atoms with E-state index in [4.69, 9.17) is 4.74 Å². The van der Waals surface area contributed by atoms with E-state index in [1.165, 1.54) is 0 Å². The number of aromatic hydroxyl groups is 3. The van der Waals surface area contributed by atoms with E-state index in [0.717, 1.165) is 17.1 Å². The van der Waals surface area contributed by atoms with Crippen molar-refractivity contribution < 1.29 is 20.1 Å². The van der Waals surface area contributed by atoms with Crippen molar-refractivity contribution >= 4 is 17.5 Å². The molecule has 0 spiro atoms. The van der Waals surface area contributed by atoms with Gasteiger partial charge in [-0.15, -0.1) is 0 Å². The molecule has 3 aromatic rings. The zero-order valence-electron chi connectivity index (χ0n) is 21.1. The first-order valence-electron chi connectivity index (χ1n) is 12.1. The number of nitrogens with zero attached hydrogens (tertiary/aromatic N) is 6. The molecule has 0 unspecified atom stereocenters. The summed E-state index contributed by atoms with van der Waals surface area (Å²) in [6.07, 6.45) is 0. The Morgan fingerprint density at radius 3 is 1.17 bits per heavy atom. The van der Waals surface area contributed by atoms with Gasteiger partial charge in [0.15, 0.2) is 34.7 Å². The van der Waals surface area contributed by atoms with Crippen molar-refractivity contribution in [3.05, 3.63) is 53.5 Å². The third kappa shape index (κ3) is 6.06. The molecule has 1 saturated heterocycles. The van der Waals surface area contributed by atoms with Crippen molar-refractivity contribution in [2.45, 2.75) is 20.8 Å². The molecule has 10 nitrogen and oxygen atoms in total. The van der Waals surface area contributed by atoms with Crippen LogP contribution in [0.2, 0.25) is 0 Å². The van der Waals surface area contributed by atoms with E-state index in [1.54, 1.807) is 36.4 Å². The molecule has 192 valence electrons. The molecule has 4 heterocycles. The Labute approximate surface area is 211 Å². The highest BCUT2D eigenvalue weighted by Gasteiger charge is 2.21. The Bertz CT molecular complexity index is 1130. The molecule has 0 aromatic carbocycles.